The molecule has 1 amide bonds. The van der Waals surface area contributed by atoms with Crippen LogP contribution in [0.1, 0.15) is 12.5 Å². The molecule has 0 saturated heterocycles. The standard InChI is InChI=1S/C12H14N2O/c1-9-5-4-6-11(7-9)14(3)12(15)10(2)8-13/h4-7,10H,1-3H3. The summed E-state index contributed by atoms with van der Waals surface area (Å²) in [5, 5.41) is 8.66. The van der Waals surface area contributed by atoms with Crippen LogP contribution in [0.25, 0.3) is 0 Å². The van der Waals surface area contributed by atoms with Gasteiger partial charge >= 0.3 is 0 Å². The molecule has 0 aliphatic carbocycles. The number of anilines is 1. The van der Waals surface area contributed by atoms with Gasteiger partial charge in [-0.1, -0.05) is 12.1 Å². The summed E-state index contributed by atoms with van der Waals surface area (Å²) < 4.78 is 0. The van der Waals surface area contributed by atoms with Gasteiger partial charge in [-0.2, -0.15) is 5.26 Å². The number of nitriles is 1. The van der Waals surface area contributed by atoms with Crippen molar-refractivity contribution in [3.8, 4) is 6.07 Å². The SMILES string of the molecule is Cc1cccc(N(C)C(=O)C(C)C#N)c1. The molecule has 0 spiro atoms. The predicted molar refractivity (Wildman–Crippen MR) is 59.4 cm³/mol. The highest BCUT2D eigenvalue weighted by Crippen LogP contribution is 2.16. The monoisotopic (exact) mass is 202 g/mol. The maximum atomic E-state index is 11.7. The van der Waals surface area contributed by atoms with E-state index in [0.717, 1.165) is 11.3 Å². The summed E-state index contributed by atoms with van der Waals surface area (Å²) in [4.78, 5) is 13.2. The van der Waals surface area contributed by atoms with Crippen molar-refractivity contribution in [2.45, 2.75) is 13.8 Å². The van der Waals surface area contributed by atoms with E-state index in [1.807, 2.05) is 37.3 Å². The molecule has 1 unspecified atom stereocenters. The van der Waals surface area contributed by atoms with E-state index in [1.165, 1.54) is 4.90 Å². The molecule has 1 aromatic carbocycles. The zero-order valence-corrected chi connectivity index (χ0v) is 9.19. The Morgan fingerprint density at radius 2 is 2.20 bits per heavy atom. The highest BCUT2D eigenvalue weighted by atomic mass is 16.2. The lowest BCUT2D eigenvalue weighted by atomic mass is 10.1. The van der Waals surface area contributed by atoms with Crippen molar-refractivity contribution in [1.82, 2.24) is 0 Å². The van der Waals surface area contributed by atoms with Crippen LogP contribution in [0.15, 0.2) is 24.3 Å². The highest BCUT2D eigenvalue weighted by molar-refractivity contribution is 5.95. The van der Waals surface area contributed by atoms with Crippen molar-refractivity contribution in [2.75, 3.05) is 11.9 Å². The number of carbonyl (C=O) groups excluding carboxylic acids is 1. The summed E-state index contributed by atoms with van der Waals surface area (Å²) >= 11 is 0. The van der Waals surface area contributed by atoms with Gasteiger partial charge in [-0.15, -0.1) is 0 Å². The van der Waals surface area contributed by atoms with Crippen LogP contribution in [0.4, 0.5) is 5.69 Å². The molecule has 0 bridgehead atoms. The molecular weight excluding hydrogens is 188 g/mol. The van der Waals surface area contributed by atoms with Gasteiger partial charge in [-0.05, 0) is 31.5 Å². The first-order valence-corrected chi connectivity index (χ1v) is 4.80. The third-order valence-electron chi connectivity index (χ3n) is 2.28. The van der Waals surface area contributed by atoms with Crippen LogP contribution >= 0.6 is 0 Å². The second kappa shape index (κ2) is 4.61. The van der Waals surface area contributed by atoms with Crippen molar-refractivity contribution in [3.63, 3.8) is 0 Å². The first kappa shape index (κ1) is 11.3. The third kappa shape index (κ3) is 2.57. The largest absolute Gasteiger partial charge is 0.314 e. The Bertz CT molecular complexity index is 406. The van der Waals surface area contributed by atoms with E-state index in [2.05, 4.69) is 0 Å². The molecule has 1 atom stereocenters. The van der Waals surface area contributed by atoms with Gasteiger partial charge in [0.25, 0.3) is 0 Å². The van der Waals surface area contributed by atoms with Gasteiger partial charge in [0, 0.05) is 12.7 Å². The second-order valence-corrected chi connectivity index (χ2v) is 3.59. The van der Waals surface area contributed by atoms with E-state index >= 15 is 0 Å². The Labute approximate surface area is 89.9 Å². The molecule has 3 heteroatoms. The molecule has 3 nitrogen and oxygen atoms in total. The average molecular weight is 202 g/mol. The van der Waals surface area contributed by atoms with E-state index < -0.39 is 5.92 Å². The molecule has 0 heterocycles. The molecule has 0 aromatic heterocycles. The zero-order valence-electron chi connectivity index (χ0n) is 9.19. The van der Waals surface area contributed by atoms with Crippen molar-refractivity contribution < 1.29 is 4.79 Å². The number of benzene rings is 1. The number of amides is 1. The number of hydrogen-bond acceptors (Lipinski definition) is 2. The summed E-state index contributed by atoms with van der Waals surface area (Å²) in [5.41, 5.74) is 1.92. The number of carbonyl (C=O) groups is 1. The Morgan fingerprint density at radius 1 is 1.53 bits per heavy atom. The summed E-state index contributed by atoms with van der Waals surface area (Å²) in [6.07, 6.45) is 0. The van der Waals surface area contributed by atoms with Crippen molar-refractivity contribution >= 4 is 11.6 Å². The lowest BCUT2D eigenvalue weighted by molar-refractivity contribution is -0.120. The predicted octanol–water partition coefficient (Wildman–Crippen LogP) is 2.12. The maximum absolute atomic E-state index is 11.7. The second-order valence-electron chi connectivity index (χ2n) is 3.59. The Hall–Kier alpha value is -1.82. The number of aryl methyl sites for hydroxylation is 1. The molecule has 78 valence electrons. The lowest BCUT2D eigenvalue weighted by Crippen LogP contribution is -2.30. The Balaban J connectivity index is 2.91. The van der Waals surface area contributed by atoms with Gasteiger partial charge in [-0.25, -0.2) is 0 Å². The average Bonchev–Trinajstić information content (AvgIpc) is 2.26. The topological polar surface area (TPSA) is 44.1 Å². The summed E-state index contributed by atoms with van der Waals surface area (Å²) in [5.74, 6) is -0.779. The molecule has 1 rings (SSSR count). The fraction of sp³-hybridized carbons (Fsp3) is 0.333. The van der Waals surface area contributed by atoms with Crippen LogP contribution in [0, 0.1) is 24.2 Å². The minimum absolute atomic E-state index is 0.178. The van der Waals surface area contributed by atoms with Crippen molar-refractivity contribution in [2.24, 2.45) is 5.92 Å². The van der Waals surface area contributed by atoms with E-state index in [0.29, 0.717) is 0 Å². The summed E-state index contributed by atoms with van der Waals surface area (Å²) in [6.45, 7) is 3.57. The van der Waals surface area contributed by atoms with E-state index in [-0.39, 0.29) is 5.91 Å². The number of nitrogens with zero attached hydrogens (tertiary/aromatic N) is 2. The number of rotatable bonds is 2. The van der Waals surface area contributed by atoms with Gasteiger partial charge in [0.05, 0.1) is 6.07 Å². The molecule has 15 heavy (non-hydrogen) atoms. The van der Waals surface area contributed by atoms with Gasteiger partial charge < -0.3 is 4.90 Å². The van der Waals surface area contributed by atoms with Crippen molar-refractivity contribution in [1.29, 1.82) is 5.26 Å². The molecule has 0 fully saturated rings. The van der Waals surface area contributed by atoms with E-state index in [1.54, 1.807) is 14.0 Å². The Kier molecular flexibility index (Phi) is 3.46. The van der Waals surface area contributed by atoms with Gasteiger partial charge in [0.2, 0.25) is 5.91 Å². The number of hydrogen-bond donors (Lipinski definition) is 0. The fourth-order valence-corrected chi connectivity index (χ4v) is 1.31. The first-order valence-electron chi connectivity index (χ1n) is 4.80. The van der Waals surface area contributed by atoms with Crippen LogP contribution in [0.2, 0.25) is 0 Å². The molecule has 1 aromatic rings. The van der Waals surface area contributed by atoms with E-state index in [9.17, 15) is 4.79 Å². The third-order valence-corrected chi connectivity index (χ3v) is 2.28. The molecule has 0 N–H and O–H groups in total. The highest BCUT2D eigenvalue weighted by Gasteiger charge is 2.17. The first-order chi connectivity index (χ1) is 7.06. The molecular formula is C12H14N2O. The molecule has 0 radical (unpaired) electrons. The van der Waals surface area contributed by atoms with Crippen LogP contribution < -0.4 is 4.90 Å². The fourth-order valence-electron chi connectivity index (χ4n) is 1.31. The quantitative estimate of drug-likeness (QED) is 0.737. The van der Waals surface area contributed by atoms with Gasteiger partial charge in [-0.3, -0.25) is 4.79 Å². The molecule has 0 aliphatic heterocycles. The normalized spacial score (nSPS) is 11.6. The summed E-state index contributed by atoms with van der Waals surface area (Å²) in [6, 6.07) is 9.58. The van der Waals surface area contributed by atoms with Crippen LogP contribution in [-0.4, -0.2) is 13.0 Å². The van der Waals surface area contributed by atoms with Gasteiger partial charge in [0.15, 0.2) is 0 Å². The van der Waals surface area contributed by atoms with Crippen molar-refractivity contribution in [3.05, 3.63) is 29.8 Å². The smallest absolute Gasteiger partial charge is 0.243 e. The minimum Gasteiger partial charge on any atom is -0.314 e. The lowest BCUT2D eigenvalue weighted by Gasteiger charge is -2.18. The molecule has 0 saturated carbocycles. The van der Waals surface area contributed by atoms with E-state index in [4.69, 9.17) is 5.26 Å². The molecule has 0 aliphatic rings. The van der Waals surface area contributed by atoms with Crippen LogP contribution in [0.5, 0.6) is 0 Å². The minimum atomic E-state index is -0.601. The van der Waals surface area contributed by atoms with Crippen LogP contribution in [0.3, 0.4) is 0 Å². The maximum Gasteiger partial charge on any atom is 0.243 e. The van der Waals surface area contributed by atoms with Gasteiger partial charge in [0.1, 0.15) is 5.92 Å². The zero-order chi connectivity index (χ0) is 11.4. The Morgan fingerprint density at radius 3 is 2.73 bits per heavy atom. The summed E-state index contributed by atoms with van der Waals surface area (Å²) in [7, 11) is 1.69. The van der Waals surface area contributed by atoms with Crippen LogP contribution in [-0.2, 0) is 4.79 Å².